The quantitative estimate of drug-likeness (QED) is 0.874. The smallest absolute Gasteiger partial charge is 0.187 e. The second-order valence-corrected chi connectivity index (χ2v) is 6.70. The van der Waals surface area contributed by atoms with Crippen molar-refractivity contribution >= 4 is 11.6 Å². The highest BCUT2D eigenvalue weighted by Gasteiger charge is 2.24. The van der Waals surface area contributed by atoms with Crippen molar-refractivity contribution in [2.45, 2.75) is 45.2 Å². The van der Waals surface area contributed by atoms with Crippen LogP contribution in [-0.4, -0.2) is 51.0 Å². The molecule has 2 aromatic heterocycles. The van der Waals surface area contributed by atoms with Crippen LogP contribution in [0.15, 0.2) is 18.6 Å². The van der Waals surface area contributed by atoms with E-state index in [1.54, 1.807) is 12.3 Å². The molecule has 26 heavy (non-hydrogen) atoms. The minimum atomic E-state index is -0.282. The third-order valence-electron chi connectivity index (χ3n) is 4.92. The van der Waals surface area contributed by atoms with Crippen LogP contribution in [0.1, 0.15) is 37.7 Å². The van der Waals surface area contributed by atoms with Crippen molar-refractivity contribution in [2.24, 2.45) is 0 Å². The van der Waals surface area contributed by atoms with Gasteiger partial charge in [0.25, 0.3) is 0 Å². The van der Waals surface area contributed by atoms with Gasteiger partial charge in [-0.05, 0) is 38.8 Å². The Hall–Kier alpha value is -2.35. The largest absolute Gasteiger partial charge is 0.384 e. The van der Waals surface area contributed by atoms with Crippen LogP contribution in [-0.2, 0) is 13.0 Å². The Morgan fingerprint density at radius 3 is 2.88 bits per heavy atom. The second kappa shape index (κ2) is 8.35. The normalized spacial score (nSPS) is 18.2. The molecule has 0 bridgehead atoms. The molecule has 0 radical (unpaired) electrons. The zero-order chi connectivity index (χ0) is 18.5. The van der Waals surface area contributed by atoms with Crippen molar-refractivity contribution in [3.63, 3.8) is 0 Å². The standard InChI is InChI=1S/C18H26FN7/c1-3-14-17(19)18(23-12-22-14)26-9-4-5-13(7-10-26)25(2)11-16-21-8-6-15(20)24-16/h6,8,12-13H,3-5,7,9-11H2,1-2H3,(H2,20,21,24)/t13-/m1/s1. The number of hydrogen-bond acceptors (Lipinski definition) is 7. The number of rotatable bonds is 5. The molecule has 140 valence electrons. The molecular formula is C18H26FN7. The van der Waals surface area contributed by atoms with Crippen LogP contribution >= 0.6 is 0 Å². The first-order valence-electron chi connectivity index (χ1n) is 9.10. The summed E-state index contributed by atoms with van der Waals surface area (Å²) in [5, 5.41) is 0. The lowest BCUT2D eigenvalue weighted by molar-refractivity contribution is 0.212. The van der Waals surface area contributed by atoms with Crippen LogP contribution in [0.25, 0.3) is 0 Å². The molecule has 7 nitrogen and oxygen atoms in total. The minimum absolute atomic E-state index is 0.282. The molecule has 1 fully saturated rings. The zero-order valence-corrected chi connectivity index (χ0v) is 15.4. The second-order valence-electron chi connectivity index (χ2n) is 6.70. The van der Waals surface area contributed by atoms with E-state index < -0.39 is 0 Å². The highest BCUT2D eigenvalue weighted by molar-refractivity contribution is 5.41. The molecule has 2 aromatic rings. The fraction of sp³-hybridized carbons (Fsp3) is 0.556. The molecule has 0 aliphatic carbocycles. The van der Waals surface area contributed by atoms with E-state index in [2.05, 4.69) is 31.9 Å². The molecule has 3 heterocycles. The number of nitrogens with zero attached hydrogens (tertiary/aromatic N) is 6. The van der Waals surface area contributed by atoms with E-state index in [0.717, 1.165) is 38.2 Å². The van der Waals surface area contributed by atoms with Gasteiger partial charge in [0.05, 0.1) is 12.2 Å². The summed E-state index contributed by atoms with van der Waals surface area (Å²) in [6.45, 7) is 4.12. The van der Waals surface area contributed by atoms with Crippen molar-refractivity contribution in [3.05, 3.63) is 35.9 Å². The van der Waals surface area contributed by atoms with E-state index >= 15 is 0 Å². The highest BCUT2D eigenvalue weighted by Crippen LogP contribution is 2.24. The summed E-state index contributed by atoms with van der Waals surface area (Å²) in [5.74, 6) is 1.36. The lowest BCUT2D eigenvalue weighted by Crippen LogP contribution is -2.33. The van der Waals surface area contributed by atoms with Gasteiger partial charge in [-0.15, -0.1) is 0 Å². The summed E-state index contributed by atoms with van der Waals surface area (Å²) in [4.78, 5) is 21.1. The first kappa shape index (κ1) is 18.4. The Morgan fingerprint density at radius 2 is 2.12 bits per heavy atom. The van der Waals surface area contributed by atoms with Crippen molar-refractivity contribution in [1.82, 2.24) is 24.8 Å². The molecule has 0 saturated carbocycles. The monoisotopic (exact) mass is 359 g/mol. The van der Waals surface area contributed by atoms with Crippen molar-refractivity contribution in [3.8, 4) is 0 Å². The van der Waals surface area contributed by atoms with Crippen LogP contribution in [0.4, 0.5) is 16.0 Å². The molecule has 1 atom stereocenters. The number of anilines is 2. The van der Waals surface area contributed by atoms with E-state index in [9.17, 15) is 4.39 Å². The Morgan fingerprint density at radius 1 is 1.27 bits per heavy atom. The van der Waals surface area contributed by atoms with Gasteiger partial charge >= 0.3 is 0 Å². The maximum Gasteiger partial charge on any atom is 0.187 e. The lowest BCUT2D eigenvalue weighted by Gasteiger charge is -2.27. The lowest BCUT2D eigenvalue weighted by atomic mass is 10.1. The third kappa shape index (κ3) is 4.24. The molecule has 2 N–H and O–H groups in total. The molecule has 1 aliphatic heterocycles. The maximum atomic E-state index is 14.6. The number of aryl methyl sites for hydroxylation is 1. The molecule has 0 spiro atoms. The molecule has 8 heteroatoms. The zero-order valence-electron chi connectivity index (χ0n) is 15.4. The van der Waals surface area contributed by atoms with E-state index in [-0.39, 0.29) is 5.82 Å². The van der Waals surface area contributed by atoms with Crippen molar-refractivity contribution < 1.29 is 4.39 Å². The summed E-state index contributed by atoms with van der Waals surface area (Å²) in [7, 11) is 2.08. The first-order chi connectivity index (χ1) is 12.6. The van der Waals surface area contributed by atoms with Gasteiger partial charge < -0.3 is 10.6 Å². The van der Waals surface area contributed by atoms with Crippen molar-refractivity contribution in [2.75, 3.05) is 30.8 Å². The summed E-state index contributed by atoms with van der Waals surface area (Å²) in [6, 6.07) is 2.08. The molecule has 0 unspecified atom stereocenters. The maximum absolute atomic E-state index is 14.6. The number of aromatic nitrogens is 4. The fourth-order valence-corrected chi connectivity index (χ4v) is 3.44. The van der Waals surface area contributed by atoms with Gasteiger partial charge in [-0.3, -0.25) is 4.90 Å². The number of hydrogen-bond donors (Lipinski definition) is 1. The summed E-state index contributed by atoms with van der Waals surface area (Å²) < 4.78 is 14.6. The molecule has 0 amide bonds. The summed E-state index contributed by atoms with van der Waals surface area (Å²) >= 11 is 0. The Bertz CT molecular complexity index is 739. The van der Waals surface area contributed by atoms with E-state index in [1.165, 1.54) is 6.33 Å². The Balaban J connectivity index is 1.64. The predicted molar refractivity (Wildman–Crippen MR) is 99.1 cm³/mol. The predicted octanol–water partition coefficient (Wildman–Crippen LogP) is 2.04. The van der Waals surface area contributed by atoms with Crippen LogP contribution in [0.2, 0.25) is 0 Å². The topological polar surface area (TPSA) is 84.1 Å². The van der Waals surface area contributed by atoms with Gasteiger partial charge in [0.15, 0.2) is 11.6 Å². The van der Waals surface area contributed by atoms with Gasteiger partial charge in [-0.2, -0.15) is 0 Å². The van der Waals surface area contributed by atoms with Gasteiger partial charge in [0, 0.05) is 25.3 Å². The molecule has 0 aromatic carbocycles. The van der Waals surface area contributed by atoms with Crippen LogP contribution in [0.3, 0.4) is 0 Å². The van der Waals surface area contributed by atoms with E-state index in [0.29, 0.717) is 36.3 Å². The molecule has 1 saturated heterocycles. The molecule has 1 aliphatic rings. The summed E-state index contributed by atoms with van der Waals surface area (Å²) in [5.41, 5.74) is 6.21. The van der Waals surface area contributed by atoms with Crippen molar-refractivity contribution in [1.29, 1.82) is 0 Å². The Labute approximate surface area is 153 Å². The SMILES string of the molecule is CCc1ncnc(N2CCC[C@@H](N(C)Cc3nccc(N)n3)CC2)c1F. The summed E-state index contributed by atoms with van der Waals surface area (Å²) in [6.07, 6.45) is 6.68. The van der Waals surface area contributed by atoms with E-state index in [1.807, 2.05) is 11.8 Å². The fourth-order valence-electron chi connectivity index (χ4n) is 3.44. The van der Waals surface area contributed by atoms with Crippen LogP contribution in [0.5, 0.6) is 0 Å². The molecule has 3 rings (SSSR count). The van der Waals surface area contributed by atoms with Crippen LogP contribution in [0, 0.1) is 5.82 Å². The number of halogens is 1. The highest BCUT2D eigenvalue weighted by atomic mass is 19.1. The average molecular weight is 359 g/mol. The Kier molecular flexibility index (Phi) is 5.92. The van der Waals surface area contributed by atoms with Crippen LogP contribution < -0.4 is 10.6 Å². The number of nitrogens with two attached hydrogens (primary N) is 1. The molecular weight excluding hydrogens is 333 g/mol. The first-order valence-corrected chi connectivity index (χ1v) is 9.10. The van der Waals surface area contributed by atoms with Gasteiger partial charge in [-0.25, -0.2) is 24.3 Å². The minimum Gasteiger partial charge on any atom is -0.384 e. The van der Waals surface area contributed by atoms with E-state index in [4.69, 9.17) is 5.73 Å². The average Bonchev–Trinajstić information content (AvgIpc) is 2.88. The van der Waals surface area contributed by atoms with Gasteiger partial charge in [0.1, 0.15) is 18.0 Å². The van der Waals surface area contributed by atoms with Gasteiger partial charge in [-0.1, -0.05) is 6.92 Å². The number of nitrogen functional groups attached to an aromatic ring is 1. The van der Waals surface area contributed by atoms with Gasteiger partial charge in [0.2, 0.25) is 0 Å². The third-order valence-corrected chi connectivity index (χ3v) is 4.92.